The Morgan fingerprint density at radius 1 is 1.35 bits per heavy atom. The predicted octanol–water partition coefficient (Wildman–Crippen LogP) is 1.96. The third-order valence-corrected chi connectivity index (χ3v) is 3.00. The molecule has 0 aromatic heterocycles. The number of benzene rings is 1. The van der Waals surface area contributed by atoms with Crippen molar-refractivity contribution >= 4 is 5.91 Å². The lowest BCUT2D eigenvalue weighted by atomic mass is 10.1. The maximum atomic E-state index is 11.4. The van der Waals surface area contributed by atoms with Crippen molar-refractivity contribution in [2.24, 2.45) is 5.73 Å². The molecule has 5 nitrogen and oxygen atoms in total. The van der Waals surface area contributed by atoms with Crippen LogP contribution in [-0.2, 0) is 4.79 Å². The highest BCUT2D eigenvalue weighted by atomic mass is 16.5. The maximum Gasteiger partial charge on any atom is 0.222 e. The summed E-state index contributed by atoms with van der Waals surface area (Å²) in [6.07, 6.45) is 1.16. The quantitative estimate of drug-likeness (QED) is 0.775. The fourth-order valence-corrected chi connectivity index (χ4v) is 1.72. The predicted molar refractivity (Wildman–Crippen MR) is 79.0 cm³/mol. The van der Waals surface area contributed by atoms with E-state index in [2.05, 4.69) is 0 Å². The molecule has 0 heterocycles. The number of carbonyl (C=O) groups is 1. The Bertz CT molecular complexity index is 445. The van der Waals surface area contributed by atoms with Crippen molar-refractivity contribution in [3.63, 3.8) is 0 Å². The lowest BCUT2D eigenvalue weighted by molar-refractivity contribution is -0.128. The van der Waals surface area contributed by atoms with E-state index < -0.39 is 0 Å². The average molecular weight is 280 g/mol. The van der Waals surface area contributed by atoms with Gasteiger partial charge in [0.25, 0.3) is 0 Å². The molecule has 2 N–H and O–H groups in total. The Morgan fingerprint density at radius 2 is 2.05 bits per heavy atom. The molecule has 1 aromatic carbocycles. The second-order valence-corrected chi connectivity index (χ2v) is 4.94. The zero-order valence-corrected chi connectivity index (χ0v) is 12.7. The SMILES string of the molecule is COc1cc([C@H](C)N)ccc1OCCCC(=O)N(C)C. The molecule has 1 aromatic rings. The highest BCUT2D eigenvalue weighted by Crippen LogP contribution is 2.29. The Hall–Kier alpha value is -1.75. The van der Waals surface area contributed by atoms with E-state index in [1.807, 2.05) is 25.1 Å². The van der Waals surface area contributed by atoms with Crippen LogP contribution in [0.25, 0.3) is 0 Å². The van der Waals surface area contributed by atoms with Crippen LogP contribution in [0.5, 0.6) is 11.5 Å². The summed E-state index contributed by atoms with van der Waals surface area (Å²) in [5.74, 6) is 1.45. The molecule has 0 saturated heterocycles. The van der Waals surface area contributed by atoms with Gasteiger partial charge in [-0.1, -0.05) is 6.07 Å². The third kappa shape index (κ3) is 4.74. The Balaban J connectivity index is 2.53. The van der Waals surface area contributed by atoms with Crippen molar-refractivity contribution in [3.05, 3.63) is 23.8 Å². The van der Waals surface area contributed by atoms with Gasteiger partial charge in [-0.25, -0.2) is 0 Å². The molecular formula is C15H24N2O3. The molecule has 0 aliphatic heterocycles. The molecule has 1 amide bonds. The molecule has 0 unspecified atom stereocenters. The molecule has 0 fully saturated rings. The molecule has 1 atom stereocenters. The van der Waals surface area contributed by atoms with Gasteiger partial charge in [-0.05, 0) is 31.0 Å². The van der Waals surface area contributed by atoms with Crippen molar-refractivity contribution in [1.29, 1.82) is 0 Å². The summed E-state index contributed by atoms with van der Waals surface area (Å²) in [6.45, 7) is 2.40. The van der Waals surface area contributed by atoms with Crippen molar-refractivity contribution in [2.45, 2.75) is 25.8 Å². The van der Waals surface area contributed by atoms with E-state index in [0.717, 1.165) is 5.56 Å². The van der Waals surface area contributed by atoms with Gasteiger partial charge in [0.15, 0.2) is 11.5 Å². The normalized spacial score (nSPS) is 11.8. The largest absolute Gasteiger partial charge is 0.493 e. The lowest BCUT2D eigenvalue weighted by Crippen LogP contribution is -2.21. The van der Waals surface area contributed by atoms with Crippen molar-refractivity contribution < 1.29 is 14.3 Å². The van der Waals surface area contributed by atoms with E-state index in [1.165, 1.54) is 0 Å². The monoisotopic (exact) mass is 280 g/mol. The second-order valence-electron chi connectivity index (χ2n) is 4.94. The summed E-state index contributed by atoms with van der Waals surface area (Å²) >= 11 is 0. The van der Waals surface area contributed by atoms with Gasteiger partial charge in [0.05, 0.1) is 13.7 Å². The van der Waals surface area contributed by atoms with Gasteiger partial charge in [0.1, 0.15) is 0 Å². The van der Waals surface area contributed by atoms with Crippen LogP contribution < -0.4 is 15.2 Å². The van der Waals surface area contributed by atoms with E-state index in [4.69, 9.17) is 15.2 Å². The van der Waals surface area contributed by atoms with Crippen LogP contribution in [0.4, 0.5) is 0 Å². The number of rotatable bonds is 7. The highest BCUT2D eigenvalue weighted by molar-refractivity contribution is 5.75. The van der Waals surface area contributed by atoms with Crippen LogP contribution in [0, 0.1) is 0 Å². The number of hydrogen-bond donors (Lipinski definition) is 1. The molecule has 5 heteroatoms. The molecule has 112 valence electrons. The van der Waals surface area contributed by atoms with Crippen molar-refractivity contribution in [2.75, 3.05) is 27.8 Å². The fraction of sp³-hybridized carbons (Fsp3) is 0.533. The number of carbonyl (C=O) groups excluding carboxylic acids is 1. The summed E-state index contributed by atoms with van der Waals surface area (Å²) in [7, 11) is 5.10. The van der Waals surface area contributed by atoms with Crippen LogP contribution in [-0.4, -0.2) is 38.6 Å². The molecule has 0 saturated carbocycles. The minimum atomic E-state index is -0.0457. The topological polar surface area (TPSA) is 64.8 Å². The zero-order valence-electron chi connectivity index (χ0n) is 12.7. The summed E-state index contributed by atoms with van der Waals surface area (Å²) in [6, 6.07) is 5.61. The Kier molecular flexibility index (Phi) is 6.31. The van der Waals surface area contributed by atoms with Crippen LogP contribution in [0.1, 0.15) is 31.4 Å². The number of amides is 1. The number of ether oxygens (including phenoxy) is 2. The smallest absolute Gasteiger partial charge is 0.222 e. The van der Waals surface area contributed by atoms with E-state index in [-0.39, 0.29) is 11.9 Å². The van der Waals surface area contributed by atoms with Gasteiger partial charge in [-0.15, -0.1) is 0 Å². The van der Waals surface area contributed by atoms with Gasteiger partial charge >= 0.3 is 0 Å². The lowest BCUT2D eigenvalue weighted by Gasteiger charge is -2.14. The van der Waals surface area contributed by atoms with Gasteiger partial charge in [-0.2, -0.15) is 0 Å². The molecule has 20 heavy (non-hydrogen) atoms. The first kappa shape index (κ1) is 16.3. The third-order valence-electron chi connectivity index (χ3n) is 3.00. The van der Waals surface area contributed by atoms with Crippen molar-refractivity contribution in [1.82, 2.24) is 4.90 Å². The van der Waals surface area contributed by atoms with E-state index >= 15 is 0 Å². The fourth-order valence-electron chi connectivity index (χ4n) is 1.72. The summed E-state index contributed by atoms with van der Waals surface area (Å²) in [5.41, 5.74) is 6.83. The van der Waals surface area contributed by atoms with E-state index in [0.29, 0.717) is 30.9 Å². The molecule has 0 bridgehead atoms. The van der Waals surface area contributed by atoms with E-state index in [9.17, 15) is 4.79 Å². The van der Waals surface area contributed by atoms with Gasteiger partial charge in [-0.3, -0.25) is 4.79 Å². The molecule has 1 rings (SSSR count). The number of nitrogens with zero attached hydrogens (tertiary/aromatic N) is 1. The molecule has 0 aliphatic carbocycles. The number of nitrogens with two attached hydrogens (primary N) is 1. The van der Waals surface area contributed by atoms with Crippen LogP contribution >= 0.6 is 0 Å². The summed E-state index contributed by atoms with van der Waals surface area (Å²) in [5, 5.41) is 0. The first-order valence-electron chi connectivity index (χ1n) is 6.72. The minimum Gasteiger partial charge on any atom is -0.493 e. The number of hydrogen-bond acceptors (Lipinski definition) is 4. The average Bonchev–Trinajstić information content (AvgIpc) is 2.42. The first-order chi connectivity index (χ1) is 9.45. The van der Waals surface area contributed by atoms with E-state index in [1.54, 1.807) is 26.1 Å². The number of methoxy groups -OCH3 is 1. The Labute approximate surface area is 120 Å². The standard InChI is InChI=1S/C15H24N2O3/c1-11(16)12-7-8-13(14(10-12)19-4)20-9-5-6-15(18)17(2)3/h7-8,10-11H,5-6,9,16H2,1-4H3/t11-/m0/s1. The molecule has 0 spiro atoms. The summed E-state index contributed by atoms with van der Waals surface area (Å²) < 4.78 is 11.0. The van der Waals surface area contributed by atoms with Gasteiger partial charge < -0.3 is 20.1 Å². The molecular weight excluding hydrogens is 256 g/mol. The van der Waals surface area contributed by atoms with Gasteiger partial charge in [0.2, 0.25) is 5.91 Å². The summed E-state index contributed by atoms with van der Waals surface area (Å²) in [4.78, 5) is 13.0. The Morgan fingerprint density at radius 3 is 2.60 bits per heavy atom. The van der Waals surface area contributed by atoms with Crippen LogP contribution in [0.2, 0.25) is 0 Å². The highest BCUT2D eigenvalue weighted by Gasteiger charge is 2.09. The minimum absolute atomic E-state index is 0.0457. The molecule has 0 aliphatic rings. The van der Waals surface area contributed by atoms with Crippen molar-refractivity contribution in [3.8, 4) is 11.5 Å². The first-order valence-corrected chi connectivity index (χ1v) is 6.72. The van der Waals surface area contributed by atoms with Crippen LogP contribution in [0.3, 0.4) is 0 Å². The van der Waals surface area contributed by atoms with Gasteiger partial charge in [0, 0.05) is 26.6 Å². The zero-order chi connectivity index (χ0) is 15.1. The molecule has 0 radical (unpaired) electrons. The second kappa shape index (κ2) is 7.75. The maximum absolute atomic E-state index is 11.4. The van der Waals surface area contributed by atoms with Crippen LogP contribution in [0.15, 0.2) is 18.2 Å².